The van der Waals surface area contributed by atoms with Crippen molar-refractivity contribution in [2.45, 2.75) is 32.1 Å². The first-order chi connectivity index (χ1) is 10.7. The zero-order valence-electron chi connectivity index (χ0n) is 12.5. The van der Waals surface area contributed by atoms with Crippen molar-refractivity contribution >= 4 is 5.91 Å². The molecule has 1 aromatic heterocycles. The van der Waals surface area contributed by atoms with Crippen LogP contribution in [0.2, 0.25) is 0 Å². The van der Waals surface area contributed by atoms with Gasteiger partial charge in [-0.3, -0.25) is 4.79 Å². The Balaban J connectivity index is 1.75. The second kappa shape index (κ2) is 6.17. The number of likely N-dealkylation sites (tertiary alicyclic amines) is 1. The van der Waals surface area contributed by atoms with Crippen molar-refractivity contribution in [1.29, 1.82) is 0 Å². The van der Waals surface area contributed by atoms with Crippen molar-refractivity contribution in [2.24, 2.45) is 0 Å². The van der Waals surface area contributed by atoms with Crippen LogP contribution in [0.4, 0.5) is 0 Å². The predicted octanol–water partition coefficient (Wildman–Crippen LogP) is 2.36. The molecule has 1 atom stereocenters. The summed E-state index contributed by atoms with van der Waals surface area (Å²) in [5.41, 5.74) is 0.338. The molecular weight excluding hydrogens is 282 g/mol. The molecule has 0 bridgehead atoms. The molecule has 2 aromatic rings. The lowest BCUT2D eigenvalue weighted by Crippen LogP contribution is -2.39. The first-order valence-corrected chi connectivity index (χ1v) is 7.58. The van der Waals surface area contributed by atoms with Gasteiger partial charge in [0.2, 0.25) is 5.89 Å². The number of para-hydroxylation sites is 1. The molecular formula is C16H19N3O3. The maximum absolute atomic E-state index is 12.6. The quantitative estimate of drug-likeness (QED) is 0.941. The van der Waals surface area contributed by atoms with Gasteiger partial charge in [0.1, 0.15) is 5.75 Å². The third kappa shape index (κ3) is 2.81. The Bertz CT molecular complexity index is 668. The number of carbonyl (C=O) groups is 1. The van der Waals surface area contributed by atoms with Gasteiger partial charge in [0, 0.05) is 25.4 Å². The van der Waals surface area contributed by atoms with Gasteiger partial charge in [-0.25, -0.2) is 0 Å². The molecule has 1 amide bonds. The number of amides is 1. The fourth-order valence-electron chi connectivity index (χ4n) is 2.77. The summed E-state index contributed by atoms with van der Waals surface area (Å²) in [6, 6.07) is 6.63. The molecule has 22 heavy (non-hydrogen) atoms. The number of hydrogen-bond donors (Lipinski definition) is 1. The number of hydrogen-bond acceptors (Lipinski definition) is 5. The molecule has 116 valence electrons. The number of rotatable bonds is 3. The normalized spacial score (nSPS) is 18.4. The number of carbonyl (C=O) groups excluding carboxylic acids is 1. The van der Waals surface area contributed by atoms with Crippen molar-refractivity contribution < 1.29 is 14.4 Å². The number of phenols is 1. The van der Waals surface area contributed by atoms with E-state index in [9.17, 15) is 9.90 Å². The molecule has 1 aliphatic heterocycles. The topological polar surface area (TPSA) is 79.5 Å². The van der Waals surface area contributed by atoms with Crippen molar-refractivity contribution in [3.8, 4) is 5.75 Å². The SMILES string of the molecule is CCc1nc([C@H]2CCCN(C(=O)c3ccccc3O)C2)no1. The molecule has 3 rings (SSSR count). The summed E-state index contributed by atoms with van der Waals surface area (Å²) in [6.07, 6.45) is 2.54. The summed E-state index contributed by atoms with van der Waals surface area (Å²) in [4.78, 5) is 18.7. The highest BCUT2D eigenvalue weighted by Gasteiger charge is 2.29. The van der Waals surface area contributed by atoms with E-state index in [1.807, 2.05) is 6.92 Å². The molecule has 1 fully saturated rings. The van der Waals surface area contributed by atoms with Gasteiger partial charge in [0.15, 0.2) is 5.82 Å². The second-order valence-corrected chi connectivity index (χ2v) is 5.51. The Labute approximate surface area is 128 Å². The number of aromatic nitrogens is 2. The van der Waals surface area contributed by atoms with Gasteiger partial charge in [-0.05, 0) is 25.0 Å². The van der Waals surface area contributed by atoms with Gasteiger partial charge in [0.25, 0.3) is 5.91 Å². The first kappa shape index (κ1) is 14.6. The molecule has 0 unspecified atom stereocenters. The van der Waals surface area contributed by atoms with Gasteiger partial charge in [-0.15, -0.1) is 0 Å². The molecule has 2 heterocycles. The van der Waals surface area contributed by atoms with Crippen LogP contribution in [-0.2, 0) is 6.42 Å². The van der Waals surface area contributed by atoms with Crippen LogP contribution < -0.4 is 0 Å². The lowest BCUT2D eigenvalue weighted by atomic mass is 9.96. The second-order valence-electron chi connectivity index (χ2n) is 5.51. The van der Waals surface area contributed by atoms with E-state index in [0.29, 0.717) is 36.8 Å². The number of nitrogens with zero attached hydrogens (tertiary/aromatic N) is 3. The lowest BCUT2D eigenvalue weighted by Gasteiger charge is -2.31. The maximum Gasteiger partial charge on any atom is 0.257 e. The van der Waals surface area contributed by atoms with Gasteiger partial charge in [-0.1, -0.05) is 24.2 Å². The minimum atomic E-state index is -0.151. The van der Waals surface area contributed by atoms with Crippen LogP contribution in [0, 0.1) is 0 Å². The highest BCUT2D eigenvalue weighted by Crippen LogP contribution is 2.27. The summed E-state index contributed by atoms with van der Waals surface area (Å²) in [6.45, 7) is 3.20. The first-order valence-electron chi connectivity index (χ1n) is 7.58. The molecule has 0 radical (unpaired) electrons. The third-order valence-corrected chi connectivity index (χ3v) is 3.99. The number of phenolic OH excluding ortho intramolecular Hbond substituents is 1. The highest BCUT2D eigenvalue weighted by atomic mass is 16.5. The number of piperidine rings is 1. The van der Waals surface area contributed by atoms with Crippen molar-refractivity contribution in [3.63, 3.8) is 0 Å². The Morgan fingerprint density at radius 2 is 2.27 bits per heavy atom. The molecule has 0 saturated carbocycles. The molecule has 6 heteroatoms. The van der Waals surface area contributed by atoms with Crippen molar-refractivity contribution in [3.05, 3.63) is 41.5 Å². The summed E-state index contributed by atoms with van der Waals surface area (Å²) < 4.78 is 5.16. The number of benzene rings is 1. The van der Waals surface area contributed by atoms with Gasteiger partial charge < -0.3 is 14.5 Å². The van der Waals surface area contributed by atoms with Gasteiger partial charge >= 0.3 is 0 Å². The Morgan fingerprint density at radius 1 is 1.45 bits per heavy atom. The molecule has 0 aliphatic carbocycles. The van der Waals surface area contributed by atoms with E-state index < -0.39 is 0 Å². The van der Waals surface area contributed by atoms with Crippen LogP contribution in [0.3, 0.4) is 0 Å². The van der Waals surface area contributed by atoms with Crippen molar-refractivity contribution in [2.75, 3.05) is 13.1 Å². The maximum atomic E-state index is 12.6. The van der Waals surface area contributed by atoms with E-state index in [1.165, 1.54) is 6.07 Å². The summed E-state index contributed by atoms with van der Waals surface area (Å²) in [5, 5.41) is 13.9. The molecule has 1 N–H and O–H groups in total. The zero-order chi connectivity index (χ0) is 15.5. The summed E-state index contributed by atoms with van der Waals surface area (Å²) in [7, 11) is 0. The Morgan fingerprint density at radius 3 is 3.00 bits per heavy atom. The van der Waals surface area contributed by atoms with E-state index in [-0.39, 0.29) is 17.6 Å². The number of aromatic hydroxyl groups is 1. The van der Waals surface area contributed by atoms with E-state index >= 15 is 0 Å². The zero-order valence-corrected chi connectivity index (χ0v) is 12.5. The lowest BCUT2D eigenvalue weighted by molar-refractivity contribution is 0.0700. The van der Waals surface area contributed by atoms with Crippen LogP contribution in [-0.4, -0.2) is 39.1 Å². The predicted molar refractivity (Wildman–Crippen MR) is 79.7 cm³/mol. The van der Waals surface area contributed by atoms with E-state index in [0.717, 1.165) is 12.8 Å². The molecule has 1 saturated heterocycles. The minimum absolute atomic E-state index is 0.0162. The molecule has 6 nitrogen and oxygen atoms in total. The average molecular weight is 301 g/mol. The van der Waals surface area contributed by atoms with Gasteiger partial charge in [0.05, 0.1) is 5.56 Å². The fraction of sp³-hybridized carbons (Fsp3) is 0.438. The van der Waals surface area contributed by atoms with E-state index in [1.54, 1.807) is 23.1 Å². The largest absolute Gasteiger partial charge is 0.507 e. The molecule has 1 aliphatic rings. The molecule has 0 spiro atoms. The fourth-order valence-corrected chi connectivity index (χ4v) is 2.77. The van der Waals surface area contributed by atoms with Crippen LogP contribution in [0.1, 0.15) is 47.8 Å². The van der Waals surface area contributed by atoms with Crippen LogP contribution >= 0.6 is 0 Å². The molecule has 1 aromatic carbocycles. The Kier molecular flexibility index (Phi) is 4.09. The van der Waals surface area contributed by atoms with E-state index in [4.69, 9.17) is 4.52 Å². The number of aryl methyl sites for hydroxylation is 1. The van der Waals surface area contributed by atoms with Crippen molar-refractivity contribution in [1.82, 2.24) is 15.0 Å². The van der Waals surface area contributed by atoms with Crippen LogP contribution in [0.15, 0.2) is 28.8 Å². The Hall–Kier alpha value is -2.37. The average Bonchev–Trinajstić information content (AvgIpc) is 3.04. The van der Waals surface area contributed by atoms with Crippen LogP contribution in [0.25, 0.3) is 0 Å². The van der Waals surface area contributed by atoms with Gasteiger partial charge in [-0.2, -0.15) is 4.98 Å². The third-order valence-electron chi connectivity index (χ3n) is 3.99. The minimum Gasteiger partial charge on any atom is -0.507 e. The highest BCUT2D eigenvalue weighted by molar-refractivity contribution is 5.96. The monoisotopic (exact) mass is 301 g/mol. The smallest absolute Gasteiger partial charge is 0.257 e. The van der Waals surface area contributed by atoms with Crippen LogP contribution in [0.5, 0.6) is 5.75 Å². The standard InChI is InChI=1S/C16H19N3O3/c1-2-14-17-15(18-22-14)11-6-5-9-19(10-11)16(21)12-7-3-4-8-13(12)20/h3-4,7-8,11,20H,2,5-6,9-10H2,1H3/t11-/m0/s1. The van der Waals surface area contributed by atoms with E-state index in [2.05, 4.69) is 10.1 Å². The summed E-state index contributed by atoms with van der Waals surface area (Å²) in [5.74, 6) is 1.25. The summed E-state index contributed by atoms with van der Waals surface area (Å²) >= 11 is 0.